The zero-order valence-electron chi connectivity index (χ0n) is 16.9. The van der Waals surface area contributed by atoms with Gasteiger partial charge >= 0.3 is 0 Å². The predicted molar refractivity (Wildman–Crippen MR) is 113 cm³/mol. The van der Waals surface area contributed by atoms with E-state index in [9.17, 15) is 0 Å². The molecule has 26 heavy (non-hydrogen) atoms. The molecule has 0 unspecified atom stereocenters. The second-order valence-corrected chi connectivity index (χ2v) is 8.86. The summed E-state index contributed by atoms with van der Waals surface area (Å²) in [7, 11) is 1.64. The van der Waals surface area contributed by atoms with Gasteiger partial charge in [-0.1, -0.05) is 58.0 Å². The van der Waals surface area contributed by atoms with E-state index in [1.807, 2.05) is 18.2 Å². The second kappa shape index (κ2) is 6.50. The number of ether oxygens (including phenoxy) is 1. The number of nitrogen functional groups attached to an aromatic ring is 1. The van der Waals surface area contributed by atoms with Crippen LogP contribution in [-0.2, 0) is 10.8 Å². The van der Waals surface area contributed by atoms with Crippen LogP contribution in [0.5, 0.6) is 5.75 Å². The van der Waals surface area contributed by atoms with Gasteiger partial charge in [-0.3, -0.25) is 0 Å². The average molecular weight is 350 g/mol. The lowest BCUT2D eigenvalue weighted by atomic mass is 9.63. The van der Waals surface area contributed by atoms with Crippen LogP contribution in [0.4, 0.5) is 5.69 Å². The Balaban J connectivity index is 2.01. The molecule has 138 valence electrons. The molecule has 2 nitrogen and oxygen atoms in total. The number of anilines is 1. The maximum Gasteiger partial charge on any atom is 0.141 e. The minimum absolute atomic E-state index is 0.228. The molecular formula is C24H31NO. The van der Waals surface area contributed by atoms with Crippen LogP contribution in [0.15, 0.2) is 36.4 Å². The van der Waals surface area contributed by atoms with Crippen LogP contribution in [0.25, 0.3) is 11.6 Å². The quantitative estimate of drug-likeness (QED) is 0.530. The van der Waals surface area contributed by atoms with Crippen LogP contribution in [0.1, 0.15) is 69.7 Å². The summed E-state index contributed by atoms with van der Waals surface area (Å²) in [5.74, 6) is 0.720. The van der Waals surface area contributed by atoms with Crippen molar-refractivity contribution in [1.29, 1.82) is 0 Å². The zero-order valence-corrected chi connectivity index (χ0v) is 16.9. The summed E-state index contributed by atoms with van der Waals surface area (Å²) in [6.45, 7) is 11.6. The molecule has 1 aliphatic rings. The van der Waals surface area contributed by atoms with Crippen molar-refractivity contribution in [3.05, 3.63) is 58.7 Å². The molecule has 0 saturated carbocycles. The Kier molecular flexibility index (Phi) is 4.64. The van der Waals surface area contributed by atoms with E-state index in [2.05, 4.69) is 58.9 Å². The third kappa shape index (κ3) is 3.38. The van der Waals surface area contributed by atoms with E-state index in [4.69, 9.17) is 10.5 Å². The number of hydrogen-bond acceptors (Lipinski definition) is 2. The molecule has 0 heterocycles. The standard InChI is InChI=1S/C24H31NO/c1-16(13-17-7-10-22(26-6)21(25)14-17)18-8-9-19-20(15-18)24(4,5)12-11-23(19,2)3/h7-10,13-15H,11-12,25H2,1-6H3/b16-13-. The van der Waals surface area contributed by atoms with Gasteiger partial charge < -0.3 is 10.5 Å². The number of fused-ring (bicyclic) bond motifs is 1. The first-order chi connectivity index (χ1) is 12.1. The van der Waals surface area contributed by atoms with E-state index in [0.717, 1.165) is 11.3 Å². The molecule has 0 aromatic heterocycles. The summed E-state index contributed by atoms with van der Waals surface area (Å²) < 4.78 is 5.25. The lowest BCUT2D eigenvalue weighted by Crippen LogP contribution is -2.33. The van der Waals surface area contributed by atoms with Crippen LogP contribution in [0.2, 0.25) is 0 Å². The van der Waals surface area contributed by atoms with E-state index in [-0.39, 0.29) is 10.8 Å². The van der Waals surface area contributed by atoms with Gasteiger partial charge in [0.1, 0.15) is 5.75 Å². The van der Waals surface area contributed by atoms with Crippen LogP contribution < -0.4 is 10.5 Å². The number of allylic oxidation sites excluding steroid dienone is 1. The van der Waals surface area contributed by atoms with E-state index in [1.54, 1.807) is 7.11 Å². The second-order valence-electron chi connectivity index (χ2n) is 8.86. The number of methoxy groups -OCH3 is 1. The summed E-state index contributed by atoms with van der Waals surface area (Å²) in [6, 6.07) is 12.9. The van der Waals surface area contributed by atoms with Crippen LogP contribution in [0.3, 0.4) is 0 Å². The fourth-order valence-corrected chi connectivity index (χ4v) is 4.01. The van der Waals surface area contributed by atoms with Gasteiger partial charge in [-0.15, -0.1) is 0 Å². The molecule has 0 bridgehead atoms. The van der Waals surface area contributed by atoms with Gasteiger partial charge in [-0.2, -0.15) is 0 Å². The van der Waals surface area contributed by atoms with Crippen molar-refractivity contribution in [2.75, 3.05) is 12.8 Å². The Morgan fingerprint density at radius 3 is 2.23 bits per heavy atom. The lowest BCUT2D eigenvalue weighted by Gasteiger charge is -2.42. The molecule has 0 spiro atoms. The number of nitrogens with two attached hydrogens (primary N) is 1. The molecule has 0 radical (unpaired) electrons. The maximum absolute atomic E-state index is 6.05. The van der Waals surface area contributed by atoms with E-state index in [0.29, 0.717) is 5.69 Å². The Morgan fingerprint density at radius 2 is 1.62 bits per heavy atom. The normalized spacial score (nSPS) is 18.3. The molecule has 0 aliphatic heterocycles. The van der Waals surface area contributed by atoms with Gasteiger partial charge in [0, 0.05) is 0 Å². The van der Waals surface area contributed by atoms with E-state index < -0.39 is 0 Å². The molecule has 2 N–H and O–H groups in total. The van der Waals surface area contributed by atoms with Gasteiger partial charge in [-0.25, -0.2) is 0 Å². The first-order valence-corrected chi connectivity index (χ1v) is 9.41. The summed E-state index contributed by atoms with van der Waals surface area (Å²) in [6.07, 6.45) is 4.67. The minimum Gasteiger partial charge on any atom is -0.495 e. The highest BCUT2D eigenvalue weighted by molar-refractivity contribution is 5.82. The first kappa shape index (κ1) is 18.6. The van der Waals surface area contributed by atoms with Crippen molar-refractivity contribution < 1.29 is 4.74 Å². The highest BCUT2D eigenvalue weighted by atomic mass is 16.5. The number of rotatable bonds is 3. The summed E-state index contributed by atoms with van der Waals surface area (Å²) in [5, 5.41) is 0. The van der Waals surface area contributed by atoms with Gasteiger partial charge in [0.25, 0.3) is 0 Å². The molecule has 0 amide bonds. The van der Waals surface area contributed by atoms with Gasteiger partial charge in [0.05, 0.1) is 12.8 Å². The highest BCUT2D eigenvalue weighted by Gasteiger charge is 2.36. The summed E-state index contributed by atoms with van der Waals surface area (Å²) in [4.78, 5) is 0. The molecule has 2 aromatic carbocycles. The smallest absolute Gasteiger partial charge is 0.141 e. The fraction of sp³-hybridized carbons (Fsp3) is 0.417. The van der Waals surface area contributed by atoms with Gasteiger partial charge in [-0.05, 0) is 70.6 Å². The topological polar surface area (TPSA) is 35.2 Å². The van der Waals surface area contributed by atoms with Crippen molar-refractivity contribution in [2.24, 2.45) is 0 Å². The molecule has 1 aliphatic carbocycles. The third-order valence-electron chi connectivity index (χ3n) is 5.95. The van der Waals surface area contributed by atoms with Crippen LogP contribution in [-0.4, -0.2) is 7.11 Å². The monoisotopic (exact) mass is 349 g/mol. The molecule has 2 heteroatoms. The molecule has 0 fully saturated rings. The molecule has 0 saturated heterocycles. The third-order valence-corrected chi connectivity index (χ3v) is 5.95. The van der Waals surface area contributed by atoms with Crippen molar-refractivity contribution in [1.82, 2.24) is 0 Å². The fourth-order valence-electron chi connectivity index (χ4n) is 4.01. The Bertz CT molecular complexity index is 859. The average Bonchev–Trinajstić information content (AvgIpc) is 2.59. The van der Waals surface area contributed by atoms with Gasteiger partial charge in [0.15, 0.2) is 0 Å². The highest BCUT2D eigenvalue weighted by Crippen LogP contribution is 2.46. The molecule has 3 rings (SSSR count). The van der Waals surface area contributed by atoms with Crippen molar-refractivity contribution >= 4 is 17.3 Å². The SMILES string of the molecule is COc1ccc(/C=C(/C)c2ccc3c(c2)C(C)(C)CCC3(C)C)cc1N. The molecule has 0 atom stereocenters. The Hall–Kier alpha value is -2.22. The van der Waals surface area contributed by atoms with Crippen LogP contribution >= 0.6 is 0 Å². The Labute approximate surface area is 158 Å². The largest absolute Gasteiger partial charge is 0.495 e. The molecule has 2 aromatic rings. The van der Waals surface area contributed by atoms with E-state index >= 15 is 0 Å². The Morgan fingerprint density at radius 1 is 0.962 bits per heavy atom. The number of hydrogen-bond donors (Lipinski definition) is 1. The van der Waals surface area contributed by atoms with E-state index in [1.165, 1.54) is 35.1 Å². The summed E-state index contributed by atoms with van der Waals surface area (Å²) in [5.41, 5.74) is 13.8. The zero-order chi connectivity index (χ0) is 19.1. The summed E-state index contributed by atoms with van der Waals surface area (Å²) >= 11 is 0. The lowest BCUT2D eigenvalue weighted by molar-refractivity contribution is 0.332. The number of benzene rings is 2. The minimum atomic E-state index is 0.228. The predicted octanol–water partition coefficient (Wildman–Crippen LogP) is 6.19. The van der Waals surface area contributed by atoms with Crippen LogP contribution in [0, 0.1) is 0 Å². The molecular weight excluding hydrogens is 318 g/mol. The first-order valence-electron chi connectivity index (χ1n) is 9.41. The van der Waals surface area contributed by atoms with Crippen molar-refractivity contribution in [2.45, 2.75) is 58.3 Å². The van der Waals surface area contributed by atoms with Gasteiger partial charge in [0.2, 0.25) is 0 Å². The van der Waals surface area contributed by atoms with Crippen molar-refractivity contribution in [3.63, 3.8) is 0 Å². The maximum atomic E-state index is 6.05. The van der Waals surface area contributed by atoms with Crippen molar-refractivity contribution in [3.8, 4) is 5.75 Å².